The molecule has 1 aliphatic heterocycles. The van der Waals surface area contributed by atoms with Crippen LogP contribution in [0.4, 0.5) is 0 Å². The van der Waals surface area contributed by atoms with Crippen molar-refractivity contribution in [1.29, 1.82) is 0 Å². The van der Waals surface area contributed by atoms with Gasteiger partial charge in [0.15, 0.2) is 0 Å². The Bertz CT molecular complexity index is 498. The molecule has 17 heavy (non-hydrogen) atoms. The van der Waals surface area contributed by atoms with E-state index >= 15 is 0 Å². The fourth-order valence-electron chi connectivity index (χ4n) is 2.18. The summed E-state index contributed by atoms with van der Waals surface area (Å²) < 4.78 is 0. The van der Waals surface area contributed by atoms with E-state index in [4.69, 9.17) is 0 Å². The molecule has 0 amide bonds. The minimum absolute atomic E-state index is 0.898. The second-order valence-electron chi connectivity index (χ2n) is 4.28. The van der Waals surface area contributed by atoms with Crippen molar-refractivity contribution < 1.29 is 0 Å². The highest BCUT2D eigenvalue weighted by Gasteiger charge is 2.17. The average molecular weight is 226 g/mol. The van der Waals surface area contributed by atoms with Crippen molar-refractivity contribution in [3.63, 3.8) is 0 Å². The van der Waals surface area contributed by atoms with Crippen LogP contribution in [-0.2, 0) is 19.5 Å². The van der Waals surface area contributed by atoms with Gasteiger partial charge in [-0.3, -0.25) is 9.88 Å². The largest absolute Gasteiger partial charge is 0.293 e. The van der Waals surface area contributed by atoms with Crippen LogP contribution >= 0.6 is 0 Å². The van der Waals surface area contributed by atoms with Crippen LogP contribution in [0.5, 0.6) is 0 Å². The van der Waals surface area contributed by atoms with Gasteiger partial charge in [-0.05, 0) is 12.1 Å². The topological polar surface area (TPSA) is 41.9 Å². The molecule has 4 nitrogen and oxygen atoms in total. The average Bonchev–Trinajstić information content (AvgIpc) is 2.40. The number of rotatable bonds is 2. The van der Waals surface area contributed by atoms with Crippen molar-refractivity contribution in [2.75, 3.05) is 6.54 Å². The molecule has 0 N–H and O–H groups in total. The smallest absolute Gasteiger partial charge is 0.115 e. The van der Waals surface area contributed by atoms with Gasteiger partial charge in [0.05, 0.1) is 5.69 Å². The summed E-state index contributed by atoms with van der Waals surface area (Å²) in [7, 11) is 0. The molecule has 0 bridgehead atoms. The van der Waals surface area contributed by atoms with Crippen molar-refractivity contribution in [3.8, 4) is 0 Å². The van der Waals surface area contributed by atoms with Gasteiger partial charge in [0, 0.05) is 49.7 Å². The third kappa shape index (κ3) is 2.31. The highest BCUT2D eigenvalue weighted by Crippen LogP contribution is 2.16. The zero-order chi connectivity index (χ0) is 11.5. The van der Waals surface area contributed by atoms with Gasteiger partial charge in [0.25, 0.3) is 0 Å². The Balaban J connectivity index is 1.72. The van der Waals surface area contributed by atoms with Gasteiger partial charge in [-0.1, -0.05) is 6.07 Å². The fourth-order valence-corrected chi connectivity index (χ4v) is 2.18. The van der Waals surface area contributed by atoms with E-state index in [0.717, 1.165) is 31.7 Å². The summed E-state index contributed by atoms with van der Waals surface area (Å²) in [5, 5.41) is 0. The highest BCUT2D eigenvalue weighted by molar-refractivity contribution is 5.19. The number of fused-ring (bicyclic) bond motifs is 1. The van der Waals surface area contributed by atoms with E-state index in [-0.39, 0.29) is 0 Å². The molecule has 0 spiro atoms. The molecule has 1 aliphatic rings. The minimum Gasteiger partial charge on any atom is -0.293 e. The predicted molar refractivity (Wildman–Crippen MR) is 64.1 cm³/mol. The molecule has 0 aromatic carbocycles. The molecular formula is C13H14N4. The van der Waals surface area contributed by atoms with Crippen LogP contribution in [0.25, 0.3) is 0 Å². The molecule has 3 rings (SSSR count). The maximum absolute atomic E-state index is 4.36. The van der Waals surface area contributed by atoms with Crippen LogP contribution in [0.1, 0.15) is 17.0 Å². The standard InChI is InChI=1S/C13H14N4/c1-2-5-15-12(3-1)9-17-6-4-13-11(8-17)7-14-10-16-13/h1-3,5,7,10H,4,6,8-9H2. The maximum atomic E-state index is 4.36. The van der Waals surface area contributed by atoms with Crippen LogP contribution in [0.15, 0.2) is 36.9 Å². The van der Waals surface area contributed by atoms with E-state index in [0.29, 0.717) is 0 Å². The molecule has 86 valence electrons. The quantitative estimate of drug-likeness (QED) is 0.777. The molecule has 2 aromatic heterocycles. The van der Waals surface area contributed by atoms with Gasteiger partial charge in [0.1, 0.15) is 6.33 Å². The van der Waals surface area contributed by atoms with Gasteiger partial charge in [0.2, 0.25) is 0 Å². The predicted octanol–water partition coefficient (Wildman–Crippen LogP) is 1.43. The van der Waals surface area contributed by atoms with E-state index in [9.17, 15) is 0 Å². The van der Waals surface area contributed by atoms with E-state index < -0.39 is 0 Å². The molecule has 0 saturated carbocycles. The Morgan fingerprint density at radius 2 is 2.24 bits per heavy atom. The van der Waals surface area contributed by atoms with Gasteiger partial charge in [-0.25, -0.2) is 9.97 Å². The molecule has 0 aliphatic carbocycles. The van der Waals surface area contributed by atoms with Crippen molar-refractivity contribution in [3.05, 3.63) is 53.9 Å². The van der Waals surface area contributed by atoms with Gasteiger partial charge in [-0.15, -0.1) is 0 Å². The summed E-state index contributed by atoms with van der Waals surface area (Å²) in [6.45, 7) is 2.86. The number of hydrogen-bond acceptors (Lipinski definition) is 4. The molecule has 0 atom stereocenters. The van der Waals surface area contributed by atoms with Crippen LogP contribution in [0.3, 0.4) is 0 Å². The first-order valence-corrected chi connectivity index (χ1v) is 5.82. The lowest BCUT2D eigenvalue weighted by molar-refractivity contribution is 0.240. The van der Waals surface area contributed by atoms with Crippen LogP contribution < -0.4 is 0 Å². The normalized spacial score (nSPS) is 15.5. The molecule has 3 heterocycles. The third-order valence-corrected chi connectivity index (χ3v) is 3.05. The Morgan fingerprint density at radius 3 is 3.12 bits per heavy atom. The Hall–Kier alpha value is -1.81. The van der Waals surface area contributed by atoms with E-state index in [1.165, 1.54) is 11.3 Å². The number of hydrogen-bond donors (Lipinski definition) is 0. The van der Waals surface area contributed by atoms with Gasteiger partial charge in [-0.2, -0.15) is 0 Å². The van der Waals surface area contributed by atoms with Crippen LogP contribution in [0.2, 0.25) is 0 Å². The Morgan fingerprint density at radius 1 is 1.24 bits per heavy atom. The zero-order valence-corrected chi connectivity index (χ0v) is 9.58. The van der Waals surface area contributed by atoms with Crippen molar-refractivity contribution in [1.82, 2.24) is 19.9 Å². The summed E-state index contributed by atoms with van der Waals surface area (Å²) in [5.41, 5.74) is 3.56. The Labute approximate surface area is 100 Å². The van der Waals surface area contributed by atoms with E-state index in [1.54, 1.807) is 6.33 Å². The highest BCUT2D eigenvalue weighted by atomic mass is 15.1. The molecule has 0 radical (unpaired) electrons. The summed E-state index contributed by atoms with van der Waals surface area (Å²) in [4.78, 5) is 15.1. The van der Waals surface area contributed by atoms with E-state index in [2.05, 4.69) is 25.9 Å². The van der Waals surface area contributed by atoms with Crippen molar-refractivity contribution in [2.24, 2.45) is 0 Å². The molecule has 4 heteroatoms. The lowest BCUT2D eigenvalue weighted by atomic mass is 10.1. The molecular weight excluding hydrogens is 212 g/mol. The lowest BCUT2D eigenvalue weighted by Gasteiger charge is -2.27. The second kappa shape index (κ2) is 4.59. The first-order valence-electron chi connectivity index (χ1n) is 5.82. The summed E-state index contributed by atoms with van der Waals surface area (Å²) in [6, 6.07) is 6.04. The monoisotopic (exact) mass is 226 g/mol. The summed E-state index contributed by atoms with van der Waals surface area (Å²) in [6.07, 6.45) is 6.40. The second-order valence-corrected chi connectivity index (χ2v) is 4.28. The first-order chi connectivity index (χ1) is 8.42. The van der Waals surface area contributed by atoms with Crippen LogP contribution in [-0.4, -0.2) is 26.4 Å². The molecule has 2 aromatic rings. The lowest BCUT2D eigenvalue weighted by Crippen LogP contribution is -2.31. The maximum Gasteiger partial charge on any atom is 0.115 e. The fraction of sp³-hybridized carbons (Fsp3) is 0.308. The summed E-state index contributed by atoms with van der Waals surface area (Å²) >= 11 is 0. The third-order valence-electron chi connectivity index (χ3n) is 3.05. The SMILES string of the molecule is c1ccc(CN2CCc3ncncc3C2)nc1. The first kappa shape index (κ1) is 10.4. The van der Waals surface area contributed by atoms with Crippen molar-refractivity contribution in [2.45, 2.75) is 19.5 Å². The summed E-state index contributed by atoms with van der Waals surface area (Å²) in [5.74, 6) is 0. The minimum atomic E-state index is 0.898. The van der Waals surface area contributed by atoms with Gasteiger partial charge < -0.3 is 0 Å². The molecule has 0 saturated heterocycles. The Kier molecular flexibility index (Phi) is 2.80. The number of aromatic nitrogens is 3. The van der Waals surface area contributed by atoms with Crippen LogP contribution in [0, 0.1) is 0 Å². The zero-order valence-electron chi connectivity index (χ0n) is 9.58. The number of nitrogens with zero attached hydrogens (tertiary/aromatic N) is 4. The molecule has 0 unspecified atom stereocenters. The molecule has 0 fully saturated rings. The number of pyridine rings is 1. The van der Waals surface area contributed by atoms with Gasteiger partial charge >= 0.3 is 0 Å². The van der Waals surface area contributed by atoms with Crippen molar-refractivity contribution >= 4 is 0 Å². The van der Waals surface area contributed by atoms with E-state index in [1.807, 2.05) is 24.5 Å².